The van der Waals surface area contributed by atoms with E-state index in [0.717, 1.165) is 22.0 Å². The van der Waals surface area contributed by atoms with E-state index in [1.807, 2.05) is 0 Å². The van der Waals surface area contributed by atoms with Crippen LogP contribution in [-0.4, -0.2) is 31.1 Å². The second-order valence-corrected chi connectivity index (χ2v) is 6.69. The van der Waals surface area contributed by atoms with Crippen molar-refractivity contribution >= 4 is 31.9 Å². The fourth-order valence-corrected chi connectivity index (χ4v) is 3.75. The summed E-state index contributed by atoms with van der Waals surface area (Å²) in [6, 6.07) is 6.40. The molecule has 1 aliphatic rings. The van der Waals surface area contributed by atoms with Gasteiger partial charge in [-0.3, -0.25) is 0 Å². The summed E-state index contributed by atoms with van der Waals surface area (Å²) in [7, 11) is 0. The second-order valence-electron chi connectivity index (χ2n) is 4.86. The van der Waals surface area contributed by atoms with E-state index < -0.39 is 0 Å². The van der Waals surface area contributed by atoms with Crippen molar-refractivity contribution in [2.75, 3.05) is 26.2 Å². The van der Waals surface area contributed by atoms with E-state index >= 15 is 0 Å². The van der Waals surface area contributed by atoms with E-state index in [1.165, 1.54) is 44.5 Å². The number of benzene rings is 1. The van der Waals surface area contributed by atoms with Gasteiger partial charge >= 0.3 is 0 Å². The van der Waals surface area contributed by atoms with Crippen LogP contribution < -0.4 is 5.32 Å². The summed E-state index contributed by atoms with van der Waals surface area (Å²) in [5, 5.41) is 3.52. The van der Waals surface area contributed by atoms with Crippen LogP contribution in [0.25, 0.3) is 0 Å². The topological polar surface area (TPSA) is 15.3 Å². The van der Waals surface area contributed by atoms with Gasteiger partial charge < -0.3 is 10.2 Å². The molecule has 1 aromatic carbocycles. The minimum Gasteiger partial charge on any atom is -0.311 e. The van der Waals surface area contributed by atoms with Gasteiger partial charge in [-0.2, -0.15) is 0 Å². The van der Waals surface area contributed by atoms with E-state index in [1.54, 1.807) is 0 Å². The first kappa shape index (κ1) is 14.5. The van der Waals surface area contributed by atoms with Crippen LogP contribution in [0, 0.1) is 0 Å². The quantitative estimate of drug-likeness (QED) is 0.787. The predicted molar refractivity (Wildman–Crippen MR) is 83.8 cm³/mol. The van der Waals surface area contributed by atoms with Crippen LogP contribution >= 0.6 is 31.9 Å². The van der Waals surface area contributed by atoms with E-state index in [9.17, 15) is 0 Å². The Bertz CT molecular complexity index is 356. The van der Waals surface area contributed by atoms with Crippen LogP contribution in [0.2, 0.25) is 0 Å². The van der Waals surface area contributed by atoms with E-state index in [4.69, 9.17) is 0 Å². The van der Waals surface area contributed by atoms with Gasteiger partial charge in [-0.05, 0) is 49.7 Å². The molecule has 0 atom stereocenters. The summed E-state index contributed by atoms with van der Waals surface area (Å²) < 4.78 is 2.26. The molecule has 0 bridgehead atoms. The van der Waals surface area contributed by atoms with Gasteiger partial charge in [0.15, 0.2) is 0 Å². The van der Waals surface area contributed by atoms with Crippen molar-refractivity contribution in [1.82, 2.24) is 10.2 Å². The summed E-state index contributed by atoms with van der Waals surface area (Å²) in [6.07, 6.45) is 4.16. The van der Waals surface area contributed by atoms with Gasteiger partial charge in [0.25, 0.3) is 0 Å². The van der Waals surface area contributed by atoms with Gasteiger partial charge in [-0.1, -0.05) is 38.3 Å². The van der Waals surface area contributed by atoms with Crippen LogP contribution in [0.4, 0.5) is 0 Å². The molecule has 2 rings (SSSR count). The molecule has 2 nitrogen and oxygen atoms in total. The highest BCUT2D eigenvalue weighted by Crippen LogP contribution is 2.19. The number of hydrogen-bond acceptors (Lipinski definition) is 2. The molecule has 1 N–H and O–H groups in total. The first-order chi connectivity index (χ1) is 8.74. The van der Waals surface area contributed by atoms with E-state index in [0.29, 0.717) is 0 Å². The predicted octanol–water partition coefficient (Wildman–Crippen LogP) is 3.79. The normalized spacial score (nSPS) is 17.0. The Kier molecular flexibility index (Phi) is 6.15. The number of piperidine rings is 1. The number of nitrogens with one attached hydrogen (secondary N) is 1. The molecule has 1 heterocycles. The largest absolute Gasteiger partial charge is 0.311 e. The van der Waals surface area contributed by atoms with Crippen LogP contribution in [0.5, 0.6) is 0 Å². The summed E-state index contributed by atoms with van der Waals surface area (Å²) in [5.41, 5.74) is 1.31. The molecule has 100 valence electrons. The molecule has 0 radical (unpaired) electrons. The van der Waals surface area contributed by atoms with Crippen molar-refractivity contribution in [3.05, 3.63) is 32.7 Å². The van der Waals surface area contributed by atoms with E-state index in [-0.39, 0.29) is 0 Å². The Morgan fingerprint density at radius 3 is 2.33 bits per heavy atom. The SMILES string of the molecule is Brc1cc(Br)cc(CNCCN2CCCCC2)c1. The highest BCUT2D eigenvalue weighted by Gasteiger charge is 2.08. The summed E-state index contributed by atoms with van der Waals surface area (Å²) in [6.45, 7) is 5.75. The summed E-state index contributed by atoms with van der Waals surface area (Å²) in [4.78, 5) is 2.56. The standard InChI is InChI=1S/C14H20Br2N2/c15-13-8-12(9-14(16)10-13)11-17-4-7-18-5-2-1-3-6-18/h8-10,17H,1-7,11H2. The van der Waals surface area contributed by atoms with Crippen molar-refractivity contribution in [2.45, 2.75) is 25.8 Å². The Morgan fingerprint density at radius 1 is 1.00 bits per heavy atom. The third-order valence-electron chi connectivity index (χ3n) is 3.30. The van der Waals surface area contributed by atoms with Crippen LogP contribution in [0.15, 0.2) is 27.1 Å². The molecular formula is C14H20Br2N2. The number of rotatable bonds is 5. The number of likely N-dealkylation sites (tertiary alicyclic amines) is 1. The molecule has 0 amide bonds. The maximum atomic E-state index is 3.52. The fraction of sp³-hybridized carbons (Fsp3) is 0.571. The van der Waals surface area contributed by atoms with Gasteiger partial charge in [0.05, 0.1) is 0 Å². The van der Waals surface area contributed by atoms with Crippen molar-refractivity contribution in [2.24, 2.45) is 0 Å². The Labute approximate surface area is 126 Å². The average molecular weight is 376 g/mol. The zero-order valence-electron chi connectivity index (χ0n) is 10.6. The smallest absolute Gasteiger partial charge is 0.0206 e. The van der Waals surface area contributed by atoms with Crippen molar-refractivity contribution < 1.29 is 0 Å². The minimum atomic E-state index is 0.936. The Hall–Kier alpha value is 0.1000. The molecule has 1 fully saturated rings. The van der Waals surface area contributed by atoms with Crippen LogP contribution in [-0.2, 0) is 6.54 Å². The van der Waals surface area contributed by atoms with Crippen LogP contribution in [0.3, 0.4) is 0 Å². The number of halogens is 2. The van der Waals surface area contributed by atoms with E-state index in [2.05, 4.69) is 60.3 Å². The average Bonchev–Trinajstić information content (AvgIpc) is 2.35. The highest BCUT2D eigenvalue weighted by atomic mass is 79.9. The Balaban J connectivity index is 1.68. The van der Waals surface area contributed by atoms with Gasteiger partial charge in [-0.15, -0.1) is 0 Å². The zero-order valence-corrected chi connectivity index (χ0v) is 13.8. The molecule has 4 heteroatoms. The third kappa shape index (κ3) is 5.00. The number of hydrogen-bond donors (Lipinski definition) is 1. The summed E-state index contributed by atoms with van der Waals surface area (Å²) >= 11 is 7.04. The lowest BCUT2D eigenvalue weighted by Gasteiger charge is -2.26. The molecule has 1 aliphatic heterocycles. The molecule has 0 aromatic heterocycles. The lowest BCUT2D eigenvalue weighted by atomic mass is 10.1. The van der Waals surface area contributed by atoms with Gasteiger partial charge in [0, 0.05) is 28.6 Å². The first-order valence-corrected chi connectivity index (χ1v) is 8.21. The molecule has 18 heavy (non-hydrogen) atoms. The molecule has 1 saturated heterocycles. The lowest BCUT2D eigenvalue weighted by molar-refractivity contribution is 0.229. The van der Waals surface area contributed by atoms with Crippen LogP contribution in [0.1, 0.15) is 24.8 Å². The Morgan fingerprint density at radius 2 is 1.67 bits per heavy atom. The maximum Gasteiger partial charge on any atom is 0.0206 e. The molecule has 0 aliphatic carbocycles. The highest BCUT2D eigenvalue weighted by molar-refractivity contribution is 9.11. The van der Waals surface area contributed by atoms with Crippen molar-refractivity contribution in [1.29, 1.82) is 0 Å². The van der Waals surface area contributed by atoms with Crippen molar-refractivity contribution in [3.63, 3.8) is 0 Å². The molecule has 1 aromatic rings. The minimum absolute atomic E-state index is 0.936. The van der Waals surface area contributed by atoms with Gasteiger partial charge in [0.2, 0.25) is 0 Å². The number of nitrogens with zero attached hydrogens (tertiary/aromatic N) is 1. The molecule has 0 unspecified atom stereocenters. The lowest BCUT2D eigenvalue weighted by Crippen LogP contribution is -2.35. The molecule has 0 saturated carbocycles. The van der Waals surface area contributed by atoms with Crippen molar-refractivity contribution in [3.8, 4) is 0 Å². The fourth-order valence-electron chi connectivity index (χ4n) is 2.37. The monoisotopic (exact) mass is 374 g/mol. The zero-order chi connectivity index (χ0) is 12.8. The summed E-state index contributed by atoms with van der Waals surface area (Å²) in [5.74, 6) is 0. The van der Waals surface area contributed by atoms with Gasteiger partial charge in [-0.25, -0.2) is 0 Å². The molecule has 0 spiro atoms. The van der Waals surface area contributed by atoms with Gasteiger partial charge in [0.1, 0.15) is 0 Å². The maximum absolute atomic E-state index is 3.52. The third-order valence-corrected chi connectivity index (χ3v) is 4.22. The second kappa shape index (κ2) is 7.63. The first-order valence-electron chi connectivity index (χ1n) is 6.62. The molecular weight excluding hydrogens is 356 g/mol.